The molecule has 0 aromatic heterocycles. The number of fused-ring (bicyclic) bond motifs is 1. The lowest BCUT2D eigenvalue weighted by Crippen LogP contribution is -2.26. The van der Waals surface area contributed by atoms with Gasteiger partial charge in [-0.05, 0) is 35.9 Å². The van der Waals surface area contributed by atoms with Crippen LogP contribution in [0.2, 0.25) is 0 Å². The zero-order chi connectivity index (χ0) is 15.7. The van der Waals surface area contributed by atoms with Crippen molar-refractivity contribution < 1.29 is 19.0 Å². The second-order valence-electron chi connectivity index (χ2n) is 4.97. The SMILES string of the molecule is CN(C(=O)OC1=CC(O)c2ccccc21)c1ccc(F)cc1. The molecule has 4 nitrogen and oxygen atoms in total. The number of aliphatic hydroxyl groups excluding tert-OH is 1. The summed E-state index contributed by atoms with van der Waals surface area (Å²) >= 11 is 0. The summed E-state index contributed by atoms with van der Waals surface area (Å²) in [5, 5.41) is 9.93. The predicted molar refractivity (Wildman–Crippen MR) is 80.7 cm³/mol. The average molecular weight is 299 g/mol. The first-order valence-electron chi connectivity index (χ1n) is 6.76. The summed E-state index contributed by atoms with van der Waals surface area (Å²) < 4.78 is 18.3. The van der Waals surface area contributed by atoms with Crippen molar-refractivity contribution in [3.63, 3.8) is 0 Å². The molecule has 0 spiro atoms. The Bertz CT molecular complexity index is 740. The number of rotatable bonds is 2. The van der Waals surface area contributed by atoms with Crippen molar-refractivity contribution in [2.75, 3.05) is 11.9 Å². The highest BCUT2D eigenvalue weighted by Gasteiger charge is 2.25. The summed E-state index contributed by atoms with van der Waals surface area (Å²) in [4.78, 5) is 13.5. The van der Waals surface area contributed by atoms with Crippen LogP contribution in [0, 0.1) is 5.82 Å². The minimum absolute atomic E-state index is 0.321. The topological polar surface area (TPSA) is 49.8 Å². The van der Waals surface area contributed by atoms with Crippen molar-refractivity contribution in [2.24, 2.45) is 0 Å². The number of aliphatic hydroxyl groups is 1. The Labute approximate surface area is 127 Å². The van der Waals surface area contributed by atoms with Crippen LogP contribution < -0.4 is 4.90 Å². The molecule has 1 unspecified atom stereocenters. The van der Waals surface area contributed by atoms with Crippen molar-refractivity contribution in [3.8, 4) is 0 Å². The molecule has 0 fully saturated rings. The Hall–Kier alpha value is -2.66. The third-order valence-corrected chi connectivity index (χ3v) is 3.54. The molecule has 3 rings (SSSR count). The molecule has 22 heavy (non-hydrogen) atoms. The van der Waals surface area contributed by atoms with E-state index < -0.39 is 12.2 Å². The molecule has 0 radical (unpaired) electrons. The van der Waals surface area contributed by atoms with Crippen LogP contribution >= 0.6 is 0 Å². The van der Waals surface area contributed by atoms with E-state index in [0.29, 0.717) is 22.6 Å². The highest BCUT2D eigenvalue weighted by molar-refractivity contribution is 5.91. The number of carbonyl (C=O) groups is 1. The molecule has 0 aliphatic heterocycles. The predicted octanol–water partition coefficient (Wildman–Crippen LogP) is 3.49. The van der Waals surface area contributed by atoms with Crippen LogP contribution in [0.3, 0.4) is 0 Å². The lowest BCUT2D eigenvalue weighted by Gasteiger charge is -2.17. The van der Waals surface area contributed by atoms with E-state index in [-0.39, 0.29) is 5.82 Å². The molecule has 1 N–H and O–H groups in total. The number of hydrogen-bond acceptors (Lipinski definition) is 3. The van der Waals surface area contributed by atoms with E-state index in [0.717, 1.165) is 0 Å². The quantitative estimate of drug-likeness (QED) is 0.923. The fraction of sp³-hybridized carbons (Fsp3) is 0.118. The number of benzene rings is 2. The van der Waals surface area contributed by atoms with E-state index in [1.165, 1.54) is 42.3 Å². The van der Waals surface area contributed by atoms with E-state index in [1.54, 1.807) is 12.1 Å². The van der Waals surface area contributed by atoms with Gasteiger partial charge in [-0.3, -0.25) is 4.90 Å². The maximum atomic E-state index is 12.9. The van der Waals surface area contributed by atoms with Gasteiger partial charge in [0.05, 0.1) is 0 Å². The van der Waals surface area contributed by atoms with Gasteiger partial charge >= 0.3 is 6.09 Å². The van der Waals surface area contributed by atoms with Gasteiger partial charge in [-0.25, -0.2) is 9.18 Å². The van der Waals surface area contributed by atoms with Gasteiger partial charge in [-0.15, -0.1) is 0 Å². The zero-order valence-corrected chi connectivity index (χ0v) is 11.9. The Kier molecular flexibility index (Phi) is 3.65. The molecule has 1 aliphatic carbocycles. The first-order valence-corrected chi connectivity index (χ1v) is 6.76. The van der Waals surface area contributed by atoms with Crippen molar-refractivity contribution in [1.29, 1.82) is 0 Å². The second kappa shape index (κ2) is 5.61. The van der Waals surface area contributed by atoms with Gasteiger partial charge < -0.3 is 9.84 Å². The molecule has 0 bridgehead atoms. The minimum Gasteiger partial charge on any atom is -0.410 e. The van der Waals surface area contributed by atoms with Crippen molar-refractivity contribution in [2.45, 2.75) is 6.10 Å². The molecule has 2 aromatic carbocycles. The summed E-state index contributed by atoms with van der Waals surface area (Å²) in [5.74, 6) is -0.0527. The fourth-order valence-corrected chi connectivity index (χ4v) is 2.32. The molecule has 1 aliphatic rings. The fourth-order valence-electron chi connectivity index (χ4n) is 2.32. The normalized spacial score (nSPS) is 16.0. The maximum Gasteiger partial charge on any atom is 0.419 e. The van der Waals surface area contributed by atoms with Crippen LogP contribution in [0.5, 0.6) is 0 Å². The Morgan fingerprint density at radius 3 is 2.59 bits per heavy atom. The van der Waals surface area contributed by atoms with Gasteiger partial charge in [0.2, 0.25) is 0 Å². The van der Waals surface area contributed by atoms with Gasteiger partial charge in [0, 0.05) is 18.3 Å². The Morgan fingerprint density at radius 1 is 1.18 bits per heavy atom. The van der Waals surface area contributed by atoms with Gasteiger partial charge in [-0.2, -0.15) is 0 Å². The van der Waals surface area contributed by atoms with Crippen LogP contribution in [0.1, 0.15) is 17.2 Å². The van der Waals surface area contributed by atoms with E-state index in [2.05, 4.69) is 0 Å². The summed E-state index contributed by atoms with van der Waals surface area (Å²) in [6.07, 6.45) is 0.0954. The monoisotopic (exact) mass is 299 g/mol. The number of nitrogens with zero attached hydrogens (tertiary/aromatic N) is 1. The molecule has 0 heterocycles. The smallest absolute Gasteiger partial charge is 0.410 e. The minimum atomic E-state index is -0.782. The second-order valence-corrected chi connectivity index (χ2v) is 4.97. The molecule has 5 heteroatoms. The van der Waals surface area contributed by atoms with Gasteiger partial charge in [0.15, 0.2) is 0 Å². The average Bonchev–Trinajstić information content (AvgIpc) is 2.84. The Balaban J connectivity index is 1.78. The van der Waals surface area contributed by atoms with Crippen LogP contribution in [0.4, 0.5) is 14.9 Å². The third kappa shape index (κ3) is 2.58. The number of hydrogen-bond donors (Lipinski definition) is 1. The van der Waals surface area contributed by atoms with E-state index in [1.807, 2.05) is 12.1 Å². The van der Waals surface area contributed by atoms with Crippen LogP contribution in [-0.4, -0.2) is 18.2 Å². The first-order chi connectivity index (χ1) is 10.6. The van der Waals surface area contributed by atoms with Gasteiger partial charge in [0.25, 0.3) is 0 Å². The number of anilines is 1. The highest BCUT2D eigenvalue weighted by Crippen LogP contribution is 2.35. The molecule has 1 atom stereocenters. The van der Waals surface area contributed by atoms with Gasteiger partial charge in [0.1, 0.15) is 17.7 Å². The number of ether oxygens (including phenoxy) is 1. The van der Waals surface area contributed by atoms with Crippen LogP contribution in [-0.2, 0) is 4.74 Å². The van der Waals surface area contributed by atoms with E-state index in [4.69, 9.17) is 4.74 Å². The number of amides is 1. The van der Waals surface area contributed by atoms with Crippen molar-refractivity contribution >= 4 is 17.5 Å². The molecular weight excluding hydrogens is 285 g/mol. The first kappa shape index (κ1) is 14.3. The van der Waals surface area contributed by atoms with Crippen molar-refractivity contribution in [1.82, 2.24) is 0 Å². The number of halogens is 1. The lowest BCUT2D eigenvalue weighted by molar-refractivity contribution is 0.200. The van der Waals surface area contributed by atoms with Gasteiger partial charge in [-0.1, -0.05) is 24.3 Å². The summed E-state index contributed by atoms with van der Waals surface area (Å²) in [6.45, 7) is 0. The van der Waals surface area contributed by atoms with Crippen LogP contribution in [0.25, 0.3) is 5.76 Å². The lowest BCUT2D eigenvalue weighted by atomic mass is 10.1. The zero-order valence-electron chi connectivity index (χ0n) is 11.9. The largest absolute Gasteiger partial charge is 0.419 e. The molecular formula is C17H14FNO3. The maximum absolute atomic E-state index is 12.9. The summed E-state index contributed by atoms with van der Waals surface area (Å²) in [7, 11) is 1.54. The molecule has 112 valence electrons. The standard InChI is InChI=1S/C17H14FNO3/c1-19(12-8-6-11(18)7-9-12)17(21)22-16-10-15(20)13-4-2-3-5-14(13)16/h2-10,15,20H,1H3. The number of carbonyl (C=O) groups excluding carboxylic acids is 1. The van der Waals surface area contributed by atoms with Crippen molar-refractivity contribution in [3.05, 3.63) is 71.6 Å². The summed E-state index contributed by atoms with van der Waals surface area (Å²) in [6, 6.07) is 12.7. The summed E-state index contributed by atoms with van der Waals surface area (Å²) in [5.41, 5.74) is 1.91. The highest BCUT2D eigenvalue weighted by atomic mass is 19.1. The third-order valence-electron chi connectivity index (χ3n) is 3.54. The van der Waals surface area contributed by atoms with E-state index in [9.17, 15) is 14.3 Å². The Morgan fingerprint density at radius 2 is 1.86 bits per heavy atom. The molecule has 0 saturated carbocycles. The molecule has 2 aromatic rings. The van der Waals surface area contributed by atoms with E-state index >= 15 is 0 Å². The van der Waals surface area contributed by atoms with Crippen LogP contribution in [0.15, 0.2) is 54.6 Å². The molecule has 1 amide bonds. The molecule has 0 saturated heterocycles.